The lowest BCUT2D eigenvalue weighted by atomic mass is 9.95. The average Bonchev–Trinajstić information content (AvgIpc) is 2.91. The number of amides is 1. The second-order valence-electron chi connectivity index (χ2n) is 5.51. The van der Waals surface area contributed by atoms with Crippen LogP contribution in [0, 0.1) is 6.92 Å². The molecule has 1 aromatic carbocycles. The SMILES string of the molecule is CC1=C(C(=O)Nc2cc(C)on2)C(c2ccc(Cl)cc2Cl)NC(=S)N1. The van der Waals surface area contributed by atoms with Crippen molar-refractivity contribution in [2.24, 2.45) is 0 Å². The number of aryl methyl sites for hydroxylation is 1. The third-order valence-corrected chi connectivity index (χ3v) is 4.44. The predicted octanol–water partition coefficient (Wildman–Crippen LogP) is 3.72. The van der Waals surface area contributed by atoms with Crippen LogP contribution in [0.5, 0.6) is 0 Å². The Morgan fingerprint density at radius 3 is 2.72 bits per heavy atom. The minimum atomic E-state index is -0.522. The summed E-state index contributed by atoms with van der Waals surface area (Å²) in [4.78, 5) is 12.8. The predicted molar refractivity (Wildman–Crippen MR) is 101 cm³/mol. The van der Waals surface area contributed by atoms with Gasteiger partial charge in [0.15, 0.2) is 10.9 Å². The van der Waals surface area contributed by atoms with Crippen LogP contribution in [0.1, 0.15) is 24.3 Å². The quantitative estimate of drug-likeness (QED) is 0.686. The fourth-order valence-corrected chi connectivity index (χ4v) is 3.36. The number of allylic oxidation sites excluding steroid dienone is 1. The molecule has 1 unspecified atom stereocenters. The minimum absolute atomic E-state index is 0.330. The maximum absolute atomic E-state index is 12.8. The number of carbonyl (C=O) groups excluding carboxylic acids is 1. The van der Waals surface area contributed by atoms with E-state index >= 15 is 0 Å². The Hall–Kier alpha value is -2.09. The van der Waals surface area contributed by atoms with Gasteiger partial charge in [0.25, 0.3) is 5.91 Å². The molecule has 2 heterocycles. The fraction of sp³-hybridized carbons (Fsp3) is 0.188. The average molecular weight is 397 g/mol. The van der Waals surface area contributed by atoms with Gasteiger partial charge in [-0.1, -0.05) is 34.4 Å². The van der Waals surface area contributed by atoms with Crippen molar-refractivity contribution in [1.82, 2.24) is 15.8 Å². The van der Waals surface area contributed by atoms with Gasteiger partial charge >= 0.3 is 0 Å². The highest BCUT2D eigenvalue weighted by Gasteiger charge is 2.31. The van der Waals surface area contributed by atoms with Crippen LogP contribution in [-0.4, -0.2) is 16.2 Å². The van der Waals surface area contributed by atoms with Crippen LogP contribution in [0.3, 0.4) is 0 Å². The van der Waals surface area contributed by atoms with Gasteiger partial charge in [0, 0.05) is 21.8 Å². The largest absolute Gasteiger partial charge is 0.360 e. The standard InChI is InChI=1S/C16H14Cl2N4O2S/c1-7-5-12(22-24-7)20-15(23)13-8(2)19-16(25)21-14(13)10-4-3-9(17)6-11(10)18/h3-6,14H,1-2H3,(H2,19,21,25)(H,20,22,23). The number of nitrogens with one attached hydrogen (secondary N) is 3. The molecule has 0 fully saturated rings. The van der Waals surface area contributed by atoms with Gasteiger partial charge in [-0.15, -0.1) is 0 Å². The van der Waals surface area contributed by atoms with E-state index in [0.29, 0.717) is 43.6 Å². The van der Waals surface area contributed by atoms with Crippen LogP contribution in [0.25, 0.3) is 0 Å². The van der Waals surface area contributed by atoms with E-state index in [1.165, 1.54) is 0 Å². The second kappa shape index (κ2) is 7.03. The summed E-state index contributed by atoms with van der Waals surface area (Å²) in [6.07, 6.45) is 0. The highest BCUT2D eigenvalue weighted by atomic mass is 35.5. The van der Waals surface area contributed by atoms with Crippen molar-refractivity contribution in [3.8, 4) is 0 Å². The van der Waals surface area contributed by atoms with Gasteiger partial charge in [-0.2, -0.15) is 0 Å². The molecular formula is C16H14Cl2N4O2S. The zero-order valence-electron chi connectivity index (χ0n) is 13.3. The Bertz CT molecular complexity index is 894. The van der Waals surface area contributed by atoms with Crippen LogP contribution in [0.2, 0.25) is 10.0 Å². The zero-order chi connectivity index (χ0) is 18.1. The van der Waals surface area contributed by atoms with E-state index in [1.807, 2.05) is 0 Å². The Morgan fingerprint density at radius 2 is 2.08 bits per heavy atom. The summed E-state index contributed by atoms with van der Waals surface area (Å²) in [6.45, 7) is 3.51. The molecule has 130 valence electrons. The van der Waals surface area contributed by atoms with Crippen molar-refractivity contribution < 1.29 is 9.32 Å². The highest BCUT2D eigenvalue weighted by Crippen LogP contribution is 2.33. The smallest absolute Gasteiger partial charge is 0.257 e. The first-order valence-corrected chi connectivity index (χ1v) is 8.49. The second-order valence-corrected chi connectivity index (χ2v) is 6.76. The summed E-state index contributed by atoms with van der Waals surface area (Å²) in [5.74, 6) is 0.584. The fourth-order valence-electron chi connectivity index (χ4n) is 2.57. The summed E-state index contributed by atoms with van der Waals surface area (Å²) in [5.41, 5.74) is 1.76. The van der Waals surface area contributed by atoms with Crippen LogP contribution in [-0.2, 0) is 4.79 Å². The Balaban J connectivity index is 1.98. The topological polar surface area (TPSA) is 79.2 Å². The minimum Gasteiger partial charge on any atom is -0.360 e. The number of aromatic nitrogens is 1. The zero-order valence-corrected chi connectivity index (χ0v) is 15.6. The van der Waals surface area contributed by atoms with E-state index in [1.54, 1.807) is 38.1 Å². The molecule has 6 nitrogen and oxygen atoms in total. The number of hydrogen-bond donors (Lipinski definition) is 3. The first-order chi connectivity index (χ1) is 11.8. The van der Waals surface area contributed by atoms with Gasteiger partial charge in [0.2, 0.25) is 0 Å². The Kier molecular flexibility index (Phi) is 4.99. The molecular weight excluding hydrogens is 383 g/mol. The van der Waals surface area contributed by atoms with Crippen LogP contribution in [0.4, 0.5) is 5.82 Å². The molecule has 3 N–H and O–H groups in total. The number of anilines is 1. The normalized spacial score (nSPS) is 17.1. The van der Waals surface area contributed by atoms with Crippen LogP contribution in [0.15, 0.2) is 40.1 Å². The molecule has 3 rings (SSSR count). The molecule has 0 radical (unpaired) electrons. The monoisotopic (exact) mass is 396 g/mol. The number of benzene rings is 1. The molecule has 0 saturated carbocycles. The van der Waals surface area contributed by atoms with Gasteiger partial charge in [-0.25, -0.2) is 0 Å². The molecule has 0 bridgehead atoms. The molecule has 1 aromatic heterocycles. The molecule has 9 heteroatoms. The van der Waals surface area contributed by atoms with Crippen LogP contribution >= 0.6 is 35.4 Å². The molecule has 1 atom stereocenters. The number of rotatable bonds is 3. The van der Waals surface area contributed by atoms with E-state index in [-0.39, 0.29) is 5.91 Å². The molecule has 1 aliphatic heterocycles. The lowest BCUT2D eigenvalue weighted by Crippen LogP contribution is -2.45. The van der Waals surface area contributed by atoms with Crippen molar-refractivity contribution in [1.29, 1.82) is 0 Å². The van der Waals surface area contributed by atoms with Crippen molar-refractivity contribution >= 4 is 52.3 Å². The van der Waals surface area contributed by atoms with Gasteiger partial charge in [-0.05, 0) is 43.8 Å². The van der Waals surface area contributed by atoms with Crippen LogP contribution < -0.4 is 16.0 Å². The number of halogens is 2. The third kappa shape index (κ3) is 3.78. The lowest BCUT2D eigenvalue weighted by Gasteiger charge is -2.30. The van der Waals surface area contributed by atoms with Gasteiger partial charge in [-0.3, -0.25) is 4.79 Å². The Morgan fingerprint density at radius 1 is 1.32 bits per heavy atom. The maximum atomic E-state index is 12.8. The molecule has 0 aliphatic carbocycles. The maximum Gasteiger partial charge on any atom is 0.257 e. The number of thiocarbonyl (C=S) groups is 1. The van der Waals surface area contributed by atoms with Gasteiger partial charge < -0.3 is 20.5 Å². The van der Waals surface area contributed by atoms with Crippen molar-refractivity contribution in [2.45, 2.75) is 19.9 Å². The van der Waals surface area contributed by atoms with Gasteiger partial charge in [0.05, 0.1) is 11.6 Å². The number of carbonyl (C=O) groups is 1. The summed E-state index contributed by atoms with van der Waals surface area (Å²) >= 11 is 17.5. The molecule has 0 saturated heterocycles. The van der Waals surface area contributed by atoms with Crippen molar-refractivity contribution in [2.75, 3.05) is 5.32 Å². The van der Waals surface area contributed by atoms with E-state index in [9.17, 15) is 4.79 Å². The highest BCUT2D eigenvalue weighted by molar-refractivity contribution is 7.80. The third-order valence-electron chi connectivity index (χ3n) is 3.66. The summed E-state index contributed by atoms with van der Waals surface area (Å²) in [5, 5.41) is 13.9. The molecule has 2 aromatic rings. The van der Waals surface area contributed by atoms with E-state index < -0.39 is 6.04 Å². The number of nitrogens with zero attached hydrogens (tertiary/aromatic N) is 1. The molecule has 0 spiro atoms. The van der Waals surface area contributed by atoms with Crippen molar-refractivity contribution in [3.63, 3.8) is 0 Å². The molecule has 25 heavy (non-hydrogen) atoms. The Labute approximate surface area is 159 Å². The van der Waals surface area contributed by atoms with E-state index in [2.05, 4.69) is 21.1 Å². The van der Waals surface area contributed by atoms with E-state index in [0.717, 1.165) is 0 Å². The lowest BCUT2D eigenvalue weighted by molar-refractivity contribution is -0.113. The summed E-state index contributed by atoms with van der Waals surface area (Å²) < 4.78 is 4.97. The first-order valence-electron chi connectivity index (χ1n) is 7.33. The van der Waals surface area contributed by atoms with Gasteiger partial charge in [0.1, 0.15) is 5.76 Å². The number of hydrogen-bond acceptors (Lipinski definition) is 4. The summed E-state index contributed by atoms with van der Waals surface area (Å²) in [7, 11) is 0. The van der Waals surface area contributed by atoms with E-state index in [4.69, 9.17) is 39.9 Å². The molecule has 1 amide bonds. The van der Waals surface area contributed by atoms with Crippen molar-refractivity contribution in [3.05, 3.63) is 56.9 Å². The summed E-state index contributed by atoms with van der Waals surface area (Å²) in [6, 6.07) is 6.20. The first kappa shape index (κ1) is 17.7. The molecule has 1 aliphatic rings.